The molecule has 94 valence electrons. The van der Waals surface area contributed by atoms with Crippen LogP contribution >= 0.6 is 11.3 Å². The van der Waals surface area contributed by atoms with Crippen LogP contribution in [-0.2, 0) is 0 Å². The molecule has 0 aromatic carbocycles. The molecule has 17 heavy (non-hydrogen) atoms. The topological polar surface area (TPSA) is 80.9 Å². The van der Waals surface area contributed by atoms with Crippen molar-refractivity contribution in [3.63, 3.8) is 0 Å². The minimum absolute atomic E-state index is 0.154. The molecule has 5 nitrogen and oxygen atoms in total. The number of carbonyl (C=O) groups excluding carboxylic acids is 1. The highest BCUT2D eigenvalue weighted by atomic mass is 32.1. The van der Waals surface area contributed by atoms with Gasteiger partial charge in [0.15, 0.2) is 0 Å². The van der Waals surface area contributed by atoms with E-state index in [1.807, 2.05) is 0 Å². The van der Waals surface area contributed by atoms with Crippen molar-refractivity contribution in [3.8, 4) is 0 Å². The van der Waals surface area contributed by atoms with Gasteiger partial charge >= 0.3 is 0 Å². The number of nitrogen functional groups attached to an aromatic ring is 1. The second-order valence-corrected chi connectivity index (χ2v) is 6.21. The van der Waals surface area contributed by atoms with E-state index in [0.717, 1.165) is 24.2 Å². The summed E-state index contributed by atoms with van der Waals surface area (Å²) >= 11 is 1.13. The van der Waals surface area contributed by atoms with E-state index in [0.29, 0.717) is 10.1 Å². The molecule has 1 aliphatic rings. The van der Waals surface area contributed by atoms with Crippen molar-refractivity contribution in [3.05, 3.63) is 5.01 Å². The number of nitrogens with zero attached hydrogens (tertiary/aromatic N) is 2. The van der Waals surface area contributed by atoms with Gasteiger partial charge in [-0.3, -0.25) is 4.79 Å². The summed E-state index contributed by atoms with van der Waals surface area (Å²) in [4.78, 5) is 12.0. The number of hydrogen-bond donors (Lipinski definition) is 2. The highest BCUT2D eigenvalue weighted by molar-refractivity contribution is 7.16. The molecule has 1 aromatic heterocycles. The Bertz CT molecular complexity index is 415. The van der Waals surface area contributed by atoms with Gasteiger partial charge in [0.2, 0.25) is 10.1 Å². The third-order valence-electron chi connectivity index (χ3n) is 3.45. The van der Waals surface area contributed by atoms with Gasteiger partial charge in [0.25, 0.3) is 5.91 Å². The number of anilines is 1. The van der Waals surface area contributed by atoms with Crippen LogP contribution in [0.3, 0.4) is 0 Å². The third kappa shape index (κ3) is 2.74. The zero-order valence-electron chi connectivity index (χ0n) is 10.2. The van der Waals surface area contributed by atoms with Crippen LogP contribution in [0.25, 0.3) is 0 Å². The van der Waals surface area contributed by atoms with Crippen LogP contribution in [0.1, 0.15) is 49.3 Å². The zero-order chi connectivity index (χ0) is 12.5. The predicted octanol–water partition coefficient (Wildman–Crippen LogP) is 1.82. The van der Waals surface area contributed by atoms with Crippen molar-refractivity contribution in [2.24, 2.45) is 5.41 Å². The van der Waals surface area contributed by atoms with Crippen LogP contribution in [0.2, 0.25) is 0 Å². The molecule has 0 spiro atoms. The molecule has 6 heteroatoms. The summed E-state index contributed by atoms with van der Waals surface area (Å²) in [7, 11) is 0. The largest absolute Gasteiger partial charge is 0.374 e. The number of carbonyl (C=O) groups is 1. The summed E-state index contributed by atoms with van der Waals surface area (Å²) in [5, 5.41) is 11.1. The van der Waals surface area contributed by atoms with E-state index in [1.54, 1.807) is 0 Å². The minimum Gasteiger partial charge on any atom is -0.374 e. The molecule has 1 unspecified atom stereocenters. The summed E-state index contributed by atoms with van der Waals surface area (Å²) in [6.45, 7) is 4.40. The minimum atomic E-state index is -0.154. The Morgan fingerprint density at radius 3 is 2.82 bits per heavy atom. The van der Waals surface area contributed by atoms with Crippen LogP contribution in [0.5, 0.6) is 0 Å². The summed E-state index contributed by atoms with van der Waals surface area (Å²) < 4.78 is 0. The average molecular weight is 254 g/mol. The van der Waals surface area contributed by atoms with Crippen molar-refractivity contribution >= 4 is 22.4 Å². The third-order valence-corrected chi connectivity index (χ3v) is 4.20. The highest BCUT2D eigenvalue weighted by Gasteiger charge is 2.33. The Morgan fingerprint density at radius 1 is 1.47 bits per heavy atom. The van der Waals surface area contributed by atoms with Gasteiger partial charge in [-0.2, -0.15) is 0 Å². The molecule has 0 saturated heterocycles. The molecule has 1 fully saturated rings. The summed E-state index contributed by atoms with van der Waals surface area (Å²) in [6, 6.07) is 0.217. The maximum Gasteiger partial charge on any atom is 0.282 e. The zero-order valence-corrected chi connectivity index (χ0v) is 11.0. The van der Waals surface area contributed by atoms with E-state index in [4.69, 9.17) is 5.73 Å². The van der Waals surface area contributed by atoms with Crippen LogP contribution in [0, 0.1) is 5.41 Å². The van der Waals surface area contributed by atoms with Crippen molar-refractivity contribution in [1.82, 2.24) is 15.5 Å². The lowest BCUT2D eigenvalue weighted by Crippen LogP contribution is -2.46. The average Bonchev–Trinajstić information content (AvgIpc) is 2.68. The normalized spacial score (nSPS) is 23.3. The van der Waals surface area contributed by atoms with E-state index < -0.39 is 0 Å². The Labute approximate surface area is 105 Å². The van der Waals surface area contributed by atoms with E-state index >= 15 is 0 Å². The van der Waals surface area contributed by atoms with Gasteiger partial charge in [0.1, 0.15) is 0 Å². The van der Waals surface area contributed by atoms with Gasteiger partial charge < -0.3 is 11.1 Å². The first-order valence-corrected chi connectivity index (χ1v) is 6.70. The molecule has 1 aromatic rings. The number of amides is 1. The molecule has 2 rings (SSSR count). The van der Waals surface area contributed by atoms with Crippen LogP contribution < -0.4 is 11.1 Å². The standard InChI is InChI=1S/C11H18N4OS/c1-11(2)6-4-3-5-7(11)13-8(16)9-14-15-10(12)17-9/h7H,3-6H2,1-2H3,(H2,12,15)(H,13,16). The number of hydrogen-bond acceptors (Lipinski definition) is 5. The summed E-state index contributed by atoms with van der Waals surface area (Å²) in [6.07, 6.45) is 4.60. The van der Waals surface area contributed by atoms with Gasteiger partial charge in [-0.25, -0.2) is 0 Å². The lowest BCUT2D eigenvalue weighted by atomic mass is 9.73. The van der Waals surface area contributed by atoms with Gasteiger partial charge in [-0.05, 0) is 18.3 Å². The van der Waals surface area contributed by atoms with Gasteiger partial charge in [-0.15, -0.1) is 10.2 Å². The smallest absolute Gasteiger partial charge is 0.282 e. The highest BCUT2D eigenvalue weighted by Crippen LogP contribution is 2.35. The first kappa shape index (κ1) is 12.3. The molecule has 3 N–H and O–H groups in total. The Balaban J connectivity index is 2.03. The molecule has 1 heterocycles. The lowest BCUT2D eigenvalue weighted by molar-refractivity contribution is 0.0852. The van der Waals surface area contributed by atoms with Gasteiger partial charge in [0.05, 0.1) is 0 Å². The number of rotatable bonds is 2. The van der Waals surface area contributed by atoms with E-state index in [1.165, 1.54) is 12.8 Å². The molecule has 1 aliphatic carbocycles. The maximum atomic E-state index is 12.0. The molecule has 0 radical (unpaired) electrons. The molecular weight excluding hydrogens is 236 g/mol. The maximum absolute atomic E-state index is 12.0. The Hall–Kier alpha value is -1.17. The first-order valence-electron chi connectivity index (χ1n) is 5.89. The van der Waals surface area contributed by atoms with Gasteiger partial charge in [-0.1, -0.05) is 38.0 Å². The van der Waals surface area contributed by atoms with Crippen molar-refractivity contribution in [2.75, 3.05) is 5.73 Å². The molecule has 0 aliphatic heterocycles. The second-order valence-electron chi connectivity index (χ2n) is 5.21. The first-order chi connectivity index (χ1) is 7.99. The summed E-state index contributed by atoms with van der Waals surface area (Å²) in [5.74, 6) is -0.154. The molecule has 1 amide bonds. The molecule has 0 bridgehead atoms. The van der Waals surface area contributed by atoms with Crippen LogP contribution in [-0.4, -0.2) is 22.1 Å². The molecule has 1 atom stereocenters. The molecule has 1 saturated carbocycles. The van der Waals surface area contributed by atoms with Crippen LogP contribution in [0.15, 0.2) is 0 Å². The number of aromatic nitrogens is 2. The quantitative estimate of drug-likeness (QED) is 0.843. The van der Waals surface area contributed by atoms with E-state index in [-0.39, 0.29) is 17.4 Å². The number of nitrogens with one attached hydrogen (secondary N) is 1. The lowest BCUT2D eigenvalue weighted by Gasteiger charge is -2.38. The van der Waals surface area contributed by atoms with Crippen LogP contribution in [0.4, 0.5) is 5.13 Å². The van der Waals surface area contributed by atoms with Crippen molar-refractivity contribution in [2.45, 2.75) is 45.6 Å². The van der Waals surface area contributed by atoms with Crippen molar-refractivity contribution < 1.29 is 4.79 Å². The fraction of sp³-hybridized carbons (Fsp3) is 0.727. The number of nitrogens with two attached hydrogens (primary N) is 1. The Morgan fingerprint density at radius 2 is 2.24 bits per heavy atom. The molecular formula is C11H18N4OS. The van der Waals surface area contributed by atoms with Crippen molar-refractivity contribution in [1.29, 1.82) is 0 Å². The SMILES string of the molecule is CC1(C)CCCCC1NC(=O)c1nnc(N)s1. The van der Waals surface area contributed by atoms with E-state index in [2.05, 4.69) is 29.4 Å². The fourth-order valence-corrected chi connectivity index (χ4v) is 2.82. The summed E-state index contributed by atoms with van der Waals surface area (Å²) in [5.41, 5.74) is 5.62. The Kier molecular flexibility index (Phi) is 3.33. The predicted molar refractivity (Wildman–Crippen MR) is 67.8 cm³/mol. The van der Waals surface area contributed by atoms with Gasteiger partial charge in [0, 0.05) is 6.04 Å². The second kappa shape index (κ2) is 4.60. The van der Waals surface area contributed by atoms with E-state index in [9.17, 15) is 4.79 Å². The fourth-order valence-electron chi connectivity index (χ4n) is 2.31. The monoisotopic (exact) mass is 254 g/mol.